The molecule has 3 rings (SSSR count). The predicted octanol–water partition coefficient (Wildman–Crippen LogP) is 4.95. The summed E-state index contributed by atoms with van der Waals surface area (Å²) >= 11 is 12.1. The molecule has 0 saturated carbocycles. The Labute approximate surface area is 225 Å². The van der Waals surface area contributed by atoms with Gasteiger partial charge >= 0.3 is 6.36 Å². The highest BCUT2D eigenvalue weighted by Gasteiger charge is 2.29. The molecule has 0 aromatic heterocycles. The number of halogens is 5. The molecule has 0 bridgehead atoms. The number of benzene rings is 2. The number of rotatable bonds is 13. The third-order valence-electron chi connectivity index (χ3n) is 6.26. The van der Waals surface area contributed by atoms with Gasteiger partial charge in [0, 0.05) is 32.7 Å². The van der Waals surface area contributed by atoms with Gasteiger partial charge in [-0.15, -0.1) is 13.2 Å². The van der Waals surface area contributed by atoms with E-state index in [-0.39, 0.29) is 31.0 Å². The Kier molecular flexibility index (Phi) is 11.5. The van der Waals surface area contributed by atoms with Crippen molar-refractivity contribution < 1.29 is 27.4 Å². The minimum Gasteiger partial charge on any atom is -0.378 e. The Morgan fingerprint density at radius 1 is 1.14 bits per heavy atom. The fraction of sp³-hybridized carbons (Fsp3) is 0.500. The molecule has 204 valence electrons. The van der Waals surface area contributed by atoms with Gasteiger partial charge in [0.05, 0.1) is 42.3 Å². The van der Waals surface area contributed by atoms with Crippen molar-refractivity contribution in [2.24, 2.45) is 0 Å². The summed E-state index contributed by atoms with van der Waals surface area (Å²) in [6.07, 6.45) is -3.48. The van der Waals surface area contributed by atoms with Gasteiger partial charge < -0.3 is 15.0 Å². The molecule has 2 atom stereocenters. The van der Waals surface area contributed by atoms with Crippen molar-refractivity contribution >= 4 is 29.1 Å². The molecule has 1 amide bonds. The maximum Gasteiger partial charge on any atom is 0.522 e. The molecule has 37 heavy (non-hydrogen) atoms. The quantitative estimate of drug-likeness (QED) is 0.350. The standard InChI is InChI=1S/C26H32Cl2F3N3O3/c1-33(25(35)16-19-7-8-22(27)23(28)15-19)24(20-5-3-2-4-6-20)18-34-11-9-21(17-34)32-10-12-36-13-14-37-26(29,30)31/h2-8,15,21,24,32H,9-14,16-18H2,1H3/t21-,24?/m0/s1. The Morgan fingerprint density at radius 2 is 1.89 bits per heavy atom. The van der Waals surface area contributed by atoms with E-state index in [0.717, 1.165) is 30.6 Å². The van der Waals surface area contributed by atoms with Crippen molar-refractivity contribution in [3.8, 4) is 0 Å². The van der Waals surface area contributed by atoms with Crippen molar-refractivity contribution in [3.63, 3.8) is 0 Å². The highest BCUT2D eigenvalue weighted by Crippen LogP contribution is 2.26. The number of nitrogens with zero attached hydrogens (tertiary/aromatic N) is 2. The van der Waals surface area contributed by atoms with E-state index in [0.29, 0.717) is 29.7 Å². The topological polar surface area (TPSA) is 54.0 Å². The lowest BCUT2D eigenvalue weighted by molar-refractivity contribution is -0.327. The van der Waals surface area contributed by atoms with Gasteiger partial charge in [0.15, 0.2) is 0 Å². The molecule has 1 saturated heterocycles. The van der Waals surface area contributed by atoms with E-state index in [9.17, 15) is 18.0 Å². The summed E-state index contributed by atoms with van der Waals surface area (Å²) in [6.45, 7) is 2.56. The Morgan fingerprint density at radius 3 is 2.59 bits per heavy atom. The molecule has 0 radical (unpaired) electrons. The van der Waals surface area contributed by atoms with Crippen LogP contribution in [0.4, 0.5) is 13.2 Å². The second-order valence-electron chi connectivity index (χ2n) is 8.96. The Balaban J connectivity index is 1.50. The highest BCUT2D eigenvalue weighted by molar-refractivity contribution is 6.42. The number of carbonyl (C=O) groups is 1. The zero-order valence-electron chi connectivity index (χ0n) is 20.6. The van der Waals surface area contributed by atoms with Crippen molar-refractivity contribution in [2.45, 2.75) is 31.3 Å². The average Bonchev–Trinajstić information content (AvgIpc) is 3.31. The molecule has 2 aromatic rings. The van der Waals surface area contributed by atoms with Crippen LogP contribution in [0, 0.1) is 0 Å². The minimum atomic E-state index is -4.63. The lowest BCUT2D eigenvalue weighted by Gasteiger charge is -2.32. The van der Waals surface area contributed by atoms with Crippen LogP contribution in [0.25, 0.3) is 0 Å². The SMILES string of the molecule is CN(C(=O)Cc1ccc(Cl)c(Cl)c1)C(CN1CC[C@H](NCCOCCOC(F)(F)F)C1)c1ccccc1. The van der Waals surface area contributed by atoms with Crippen LogP contribution in [-0.4, -0.2) is 81.2 Å². The van der Waals surface area contributed by atoms with E-state index in [1.807, 2.05) is 37.4 Å². The van der Waals surface area contributed by atoms with Crippen LogP contribution in [0.1, 0.15) is 23.6 Å². The van der Waals surface area contributed by atoms with E-state index in [1.165, 1.54) is 0 Å². The molecule has 6 nitrogen and oxygen atoms in total. The summed E-state index contributed by atoms with van der Waals surface area (Å²) in [6, 6.07) is 15.3. The number of hydrogen-bond acceptors (Lipinski definition) is 5. The maximum atomic E-state index is 13.2. The third-order valence-corrected chi connectivity index (χ3v) is 7.00. The summed E-state index contributed by atoms with van der Waals surface area (Å²) in [7, 11) is 1.82. The number of ether oxygens (including phenoxy) is 2. The minimum absolute atomic E-state index is 0.0206. The van der Waals surface area contributed by atoms with Gasteiger partial charge in [0.1, 0.15) is 0 Å². The molecular weight excluding hydrogens is 530 g/mol. The van der Waals surface area contributed by atoms with Crippen LogP contribution in [0.2, 0.25) is 10.0 Å². The predicted molar refractivity (Wildman–Crippen MR) is 138 cm³/mol. The molecule has 1 aliphatic rings. The molecule has 0 aliphatic carbocycles. The molecule has 11 heteroatoms. The number of carbonyl (C=O) groups excluding carboxylic acids is 1. The first-order valence-electron chi connectivity index (χ1n) is 12.1. The van der Waals surface area contributed by atoms with Crippen LogP contribution >= 0.6 is 23.2 Å². The summed E-state index contributed by atoms with van der Waals surface area (Å²) in [5, 5.41) is 4.27. The van der Waals surface area contributed by atoms with E-state index in [4.69, 9.17) is 27.9 Å². The molecule has 1 N–H and O–H groups in total. The molecule has 1 aliphatic heterocycles. The summed E-state index contributed by atoms with van der Waals surface area (Å²) in [4.78, 5) is 17.3. The van der Waals surface area contributed by atoms with Crippen LogP contribution in [0.5, 0.6) is 0 Å². The van der Waals surface area contributed by atoms with Gasteiger partial charge in [-0.3, -0.25) is 14.4 Å². The second kappa shape index (κ2) is 14.3. The van der Waals surface area contributed by atoms with Crippen molar-refractivity contribution in [3.05, 3.63) is 69.7 Å². The average molecular weight is 562 g/mol. The largest absolute Gasteiger partial charge is 0.522 e. The number of nitrogens with one attached hydrogen (secondary N) is 1. The monoisotopic (exact) mass is 561 g/mol. The van der Waals surface area contributed by atoms with Crippen molar-refractivity contribution in [2.75, 3.05) is 53.0 Å². The fourth-order valence-corrected chi connectivity index (χ4v) is 4.63. The number of likely N-dealkylation sites (tertiary alicyclic amines) is 1. The van der Waals surface area contributed by atoms with Crippen LogP contribution in [-0.2, 0) is 20.7 Å². The molecular formula is C26H32Cl2F3N3O3. The summed E-state index contributed by atoms with van der Waals surface area (Å²) < 4.78 is 44.8. The van der Waals surface area contributed by atoms with Crippen molar-refractivity contribution in [1.82, 2.24) is 15.1 Å². The van der Waals surface area contributed by atoms with Crippen molar-refractivity contribution in [1.29, 1.82) is 0 Å². The normalized spacial score (nSPS) is 17.2. The van der Waals surface area contributed by atoms with Gasteiger partial charge in [0.2, 0.25) is 5.91 Å². The van der Waals surface area contributed by atoms with Gasteiger partial charge in [-0.2, -0.15) is 0 Å². The summed E-state index contributed by atoms with van der Waals surface area (Å²) in [5.74, 6) is -0.0206. The second-order valence-corrected chi connectivity index (χ2v) is 9.78. The van der Waals surface area contributed by atoms with Gasteiger partial charge in [0.25, 0.3) is 0 Å². The molecule has 1 fully saturated rings. The fourth-order valence-electron chi connectivity index (χ4n) is 4.31. The lowest BCUT2D eigenvalue weighted by atomic mass is 10.0. The molecule has 1 heterocycles. The first-order chi connectivity index (χ1) is 17.6. The first-order valence-corrected chi connectivity index (χ1v) is 12.9. The van der Waals surface area contributed by atoms with E-state index in [2.05, 4.69) is 15.0 Å². The smallest absolute Gasteiger partial charge is 0.378 e. The Hall–Kier alpha value is -1.88. The van der Waals surface area contributed by atoms with Gasteiger partial charge in [-0.25, -0.2) is 0 Å². The number of likely N-dealkylation sites (N-methyl/N-ethyl adjacent to an activating group) is 1. The molecule has 1 unspecified atom stereocenters. The third kappa shape index (κ3) is 10.1. The van der Waals surface area contributed by atoms with E-state index >= 15 is 0 Å². The van der Waals surface area contributed by atoms with Gasteiger partial charge in [-0.05, 0) is 36.2 Å². The van der Waals surface area contributed by atoms with Crippen LogP contribution in [0.3, 0.4) is 0 Å². The van der Waals surface area contributed by atoms with E-state index < -0.39 is 13.0 Å². The number of alkyl halides is 3. The van der Waals surface area contributed by atoms with Gasteiger partial charge in [-0.1, -0.05) is 59.6 Å². The molecule has 2 aromatic carbocycles. The molecule has 0 spiro atoms. The number of hydrogen-bond donors (Lipinski definition) is 1. The highest BCUT2D eigenvalue weighted by atomic mass is 35.5. The summed E-state index contributed by atoms with van der Waals surface area (Å²) in [5.41, 5.74) is 1.86. The first kappa shape index (κ1) is 29.7. The van der Waals surface area contributed by atoms with Crippen LogP contribution < -0.4 is 5.32 Å². The lowest BCUT2D eigenvalue weighted by Crippen LogP contribution is -2.41. The zero-order valence-corrected chi connectivity index (χ0v) is 22.2. The Bertz CT molecular complexity index is 998. The number of amides is 1. The van der Waals surface area contributed by atoms with E-state index in [1.54, 1.807) is 23.1 Å². The van der Waals surface area contributed by atoms with Crippen LogP contribution in [0.15, 0.2) is 48.5 Å². The maximum absolute atomic E-state index is 13.2. The zero-order chi connectivity index (χ0) is 26.8.